The number of para-hydroxylation sites is 1. The number of hydrogen-bond donors (Lipinski definition) is 1. The van der Waals surface area contributed by atoms with Gasteiger partial charge in [0.1, 0.15) is 11.6 Å². The largest absolute Gasteiger partial charge is 0.494 e. The van der Waals surface area contributed by atoms with Crippen LogP contribution in [0, 0.1) is 0 Å². The SMILES string of the molecule is CCCCOc1ccc([C@H]2SCCNc3c2c(-c2ccccc2)nn3-c2ccccc2)cc1. The molecule has 1 aliphatic rings. The summed E-state index contributed by atoms with van der Waals surface area (Å²) in [5.74, 6) is 3.04. The number of nitrogens with zero attached hydrogens (tertiary/aromatic N) is 2. The Hall–Kier alpha value is -3.18. The summed E-state index contributed by atoms with van der Waals surface area (Å²) in [5.41, 5.74) is 5.75. The van der Waals surface area contributed by atoms with Crippen molar-refractivity contribution in [3.63, 3.8) is 0 Å². The Bertz CT molecular complexity index is 1170. The van der Waals surface area contributed by atoms with Crippen molar-refractivity contribution in [2.24, 2.45) is 0 Å². The quantitative estimate of drug-likeness (QED) is 0.306. The number of anilines is 1. The Morgan fingerprint density at radius 2 is 1.70 bits per heavy atom. The van der Waals surface area contributed by atoms with Crippen molar-refractivity contribution >= 4 is 17.6 Å². The van der Waals surface area contributed by atoms with Crippen LogP contribution < -0.4 is 10.1 Å². The second-order valence-corrected chi connectivity index (χ2v) is 9.39. The van der Waals surface area contributed by atoms with Gasteiger partial charge in [-0.15, -0.1) is 11.8 Å². The van der Waals surface area contributed by atoms with Gasteiger partial charge in [-0.05, 0) is 36.2 Å². The molecule has 0 saturated heterocycles. The van der Waals surface area contributed by atoms with E-state index in [0.717, 1.165) is 60.3 Å². The summed E-state index contributed by atoms with van der Waals surface area (Å²) in [4.78, 5) is 0. The summed E-state index contributed by atoms with van der Waals surface area (Å²) in [6.07, 6.45) is 2.22. The minimum Gasteiger partial charge on any atom is -0.494 e. The lowest BCUT2D eigenvalue weighted by Crippen LogP contribution is -2.08. The second kappa shape index (κ2) is 10.2. The summed E-state index contributed by atoms with van der Waals surface area (Å²) in [5, 5.41) is 9.00. The van der Waals surface area contributed by atoms with Gasteiger partial charge in [0.25, 0.3) is 0 Å². The molecule has 4 aromatic rings. The smallest absolute Gasteiger partial charge is 0.135 e. The van der Waals surface area contributed by atoms with Crippen molar-refractivity contribution < 1.29 is 4.74 Å². The molecule has 4 nitrogen and oxygen atoms in total. The summed E-state index contributed by atoms with van der Waals surface area (Å²) < 4.78 is 7.97. The molecule has 5 heteroatoms. The van der Waals surface area contributed by atoms with Crippen molar-refractivity contribution in [1.82, 2.24) is 9.78 Å². The maximum Gasteiger partial charge on any atom is 0.135 e. The number of benzene rings is 3. The zero-order valence-corrected chi connectivity index (χ0v) is 19.7. The molecule has 2 heterocycles. The van der Waals surface area contributed by atoms with Gasteiger partial charge in [-0.25, -0.2) is 4.68 Å². The first-order chi connectivity index (χ1) is 16.3. The summed E-state index contributed by atoms with van der Waals surface area (Å²) in [6.45, 7) is 3.85. The Kier molecular flexibility index (Phi) is 6.68. The van der Waals surface area contributed by atoms with Gasteiger partial charge < -0.3 is 10.1 Å². The van der Waals surface area contributed by atoms with Gasteiger partial charge in [0.2, 0.25) is 0 Å². The van der Waals surface area contributed by atoms with E-state index in [1.807, 2.05) is 17.8 Å². The number of aromatic nitrogens is 2. The maximum absolute atomic E-state index is 5.90. The highest BCUT2D eigenvalue weighted by Gasteiger charge is 2.30. The minimum absolute atomic E-state index is 0.187. The zero-order chi connectivity index (χ0) is 22.5. The number of unbranched alkanes of at least 4 members (excludes halogenated alkanes) is 1. The van der Waals surface area contributed by atoms with Gasteiger partial charge in [0, 0.05) is 23.4 Å². The lowest BCUT2D eigenvalue weighted by Gasteiger charge is -2.17. The van der Waals surface area contributed by atoms with E-state index in [2.05, 4.69) is 95.8 Å². The standard InChI is InChI=1S/C28H29N3OS/c1-2-3-19-32-24-16-14-22(15-17-24)27-25-26(21-10-6-4-7-11-21)30-31(23-12-8-5-9-13-23)28(25)29-18-20-33-27/h4-17,27,29H,2-3,18-20H2,1H3/t27-/m1/s1. The van der Waals surface area contributed by atoms with Gasteiger partial charge in [-0.1, -0.05) is 74.0 Å². The van der Waals surface area contributed by atoms with Crippen molar-refractivity contribution in [2.45, 2.75) is 25.0 Å². The van der Waals surface area contributed by atoms with Crippen LogP contribution in [0.15, 0.2) is 84.9 Å². The molecule has 0 spiro atoms. The summed E-state index contributed by atoms with van der Waals surface area (Å²) in [7, 11) is 0. The van der Waals surface area contributed by atoms with E-state index < -0.39 is 0 Å². The molecule has 168 valence electrons. The van der Waals surface area contributed by atoms with Crippen LogP contribution in [0.2, 0.25) is 0 Å². The normalized spacial score (nSPS) is 15.4. The molecule has 1 atom stereocenters. The van der Waals surface area contributed by atoms with E-state index in [1.165, 1.54) is 11.1 Å². The predicted molar refractivity (Wildman–Crippen MR) is 139 cm³/mol. The summed E-state index contributed by atoms with van der Waals surface area (Å²) >= 11 is 1.97. The fourth-order valence-electron chi connectivity index (χ4n) is 4.18. The molecule has 1 aromatic heterocycles. The van der Waals surface area contributed by atoms with Gasteiger partial charge in [-0.2, -0.15) is 5.10 Å². The highest BCUT2D eigenvalue weighted by molar-refractivity contribution is 7.99. The Balaban J connectivity index is 1.60. The van der Waals surface area contributed by atoms with E-state index in [4.69, 9.17) is 9.84 Å². The molecule has 0 saturated carbocycles. The molecule has 33 heavy (non-hydrogen) atoms. The molecule has 0 fully saturated rings. The van der Waals surface area contributed by atoms with Gasteiger partial charge >= 0.3 is 0 Å². The van der Waals surface area contributed by atoms with Gasteiger partial charge in [-0.3, -0.25) is 0 Å². The van der Waals surface area contributed by atoms with Crippen LogP contribution in [-0.2, 0) is 0 Å². The average Bonchev–Trinajstić information content (AvgIpc) is 3.11. The molecular weight excluding hydrogens is 426 g/mol. The van der Waals surface area contributed by atoms with Crippen molar-refractivity contribution in [3.8, 4) is 22.7 Å². The monoisotopic (exact) mass is 455 g/mol. The highest BCUT2D eigenvalue weighted by atomic mass is 32.2. The van der Waals surface area contributed by atoms with E-state index in [0.29, 0.717) is 0 Å². The molecule has 1 aliphatic heterocycles. The maximum atomic E-state index is 5.90. The highest BCUT2D eigenvalue weighted by Crippen LogP contribution is 2.46. The molecule has 1 N–H and O–H groups in total. The van der Waals surface area contributed by atoms with Crippen LogP contribution in [0.3, 0.4) is 0 Å². The Morgan fingerprint density at radius 1 is 0.970 bits per heavy atom. The average molecular weight is 456 g/mol. The first-order valence-corrected chi connectivity index (χ1v) is 12.7. The van der Waals surface area contributed by atoms with E-state index in [-0.39, 0.29) is 5.25 Å². The van der Waals surface area contributed by atoms with Crippen molar-refractivity contribution in [2.75, 3.05) is 24.2 Å². The summed E-state index contributed by atoms with van der Waals surface area (Å²) in [6, 6.07) is 29.5. The van der Waals surface area contributed by atoms with Crippen LogP contribution >= 0.6 is 11.8 Å². The van der Waals surface area contributed by atoms with E-state index >= 15 is 0 Å². The number of fused-ring (bicyclic) bond motifs is 1. The number of rotatable bonds is 7. The van der Waals surface area contributed by atoms with Crippen LogP contribution in [0.4, 0.5) is 5.82 Å². The third-order valence-corrected chi connectivity index (χ3v) is 7.14. The van der Waals surface area contributed by atoms with Gasteiger partial charge in [0.15, 0.2) is 0 Å². The van der Waals surface area contributed by atoms with Gasteiger partial charge in [0.05, 0.1) is 23.2 Å². The third-order valence-electron chi connectivity index (χ3n) is 5.86. The van der Waals surface area contributed by atoms with Crippen LogP contribution in [0.1, 0.15) is 36.1 Å². The minimum atomic E-state index is 0.187. The number of ether oxygens (including phenoxy) is 1. The second-order valence-electron chi connectivity index (χ2n) is 8.17. The molecule has 0 unspecified atom stereocenters. The fraction of sp³-hybridized carbons (Fsp3) is 0.250. The molecule has 0 bridgehead atoms. The first-order valence-electron chi connectivity index (χ1n) is 11.7. The predicted octanol–water partition coefficient (Wildman–Crippen LogP) is 6.97. The van der Waals surface area contributed by atoms with Crippen LogP contribution in [0.25, 0.3) is 16.9 Å². The molecule has 0 radical (unpaired) electrons. The van der Waals surface area contributed by atoms with Crippen LogP contribution in [-0.4, -0.2) is 28.7 Å². The number of hydrogen-bond acceptors (Lipinski definition) is 4. The lowest BCUT2D eigenvalue weighted by molar-refractivity contribution is 0.309. The van der Waals surface area contributed by atoms with Crippen molar-refractivity contribution in [1.29, 1.82) is 0 Å². The number of thioether (sulfide) groups is 1. The topological polar surface area (TPSA) is 39.1 Å². The Morgan fingerprint density at radius 3 is 2.42 bits per heavy atom. The van der Waals surface area contributed by atoms with E-state index in [9.17, 15) is 0 Å². The third kappa shape index (κ3) is 4.64. The molecule has 0 aliphatic carbocycles. The molecule has 0 amide bonds. The molecular formula is C28H29N3OS. The fourth-order valence-corrected chi connectivity index (χ4v) is 5.37. The van der Waals surface area contributed by atoms with Crippen molar-refractivity contribution in [3.05, 3.63) is 96.1 Å². The Labute approximate surface area is 200 Å². The molecule has 3 aromatic carbocycles. The first kappa shape index (κ1) is 21.7. The number of nitrogens with one attached hydrogen (secondary N) is 1. The zero-order valence-electron chi connectivity index (χ0n) is 18.9. The lowest BCUT2D eigenvalue weighted by atomic mass is 10.00. The van der Waals surface area contributed by atoms with Crippen LogP contribution in [0.5, 0.6) is 5.75 Å². The van der Waals surface area contributed by atoms with E-state index in [1.54, 1.807) is 0 Å². The molecule has 5 rings (SSSR count).